The van der Waals surface area contributed by atoms with Crippen LogP contribution in [0.2, 0.25) is 0 Å². The van der Waals surface area contributed by atoms with E-state index >= 15 is 0 Å². The maximum Gasteiger partial charge on any atom is 0.318 e. The van der Waals surface area contributed by atoms with Crippen molar-refractivity contribution in [2.24, 2.45) is 0 Å². The van der Waals surface area contributed by atoms with Gasteiger partial charge in [0.15, 0.2) is 0 Å². The van der Waals surface area contributed by atoms with Crippen LogP contribution in [-0.4, -0.2) is 43.7 Å². The van der Waals surface area contributed by atoms with E-state index in [0.29, 0.717) is 0 Å². The van der Waals surface area contributed by atoms with Gasteiger partial charge in [-0.05, 0) is 49.6 Å². The third-order valence-electron chi connectivity index (χ3n) is 5.77. The number of hydrogen-bond donors (Lipinski definition) is 2. The molecule has 0 aliphatic carbocycles. The van der Waals surface area contributed by atoms with Crippen molar-refractivity contribution in [1.29, 1.82) is 0 Å². The van der Waals surface area contributed by atoms with E-state index in [1.165, 1.54) is 10.5 Å². The Hall–Kier alpha value is -2.85. The Balaban J connectivity index is 1.50. The van der Waals surface area contributed by atoms with Crippen LogP contribution in [0.25, 0.3) is 11.6 Å². The van der Waals surface area contributed by atoms with Gasteiger partial charge in [-0.25, -0.2) is 4.79 Å². The minimum absolute atomic E-state index is 0.0135. The molecule has 0 saturated carbocycles. The van der Waals surface area contributed by atoms with Crippen LogP contribution < -0.4 is 10.2 Å². The molecule has 0 unspecified atom stereocenters. The van der Waals surface area contributed by atoms with Gasteiger partial charge in [-0.1, -0.05) is 66.8 Å². The lowest BCUT2D eigenvalue weighted by Crippen LogP contribution is -3.14. The largest absolute Gasteiger partial charge is 0.329 e. The first kappa shape index (κ1) is 21.8. The van der Waals surface area contributed by atoms with E-state index in [4.69, 9.17) is 0 Å². The molecule has 0 spiro atoms. The van der Waals surface area contributed by atoms with Crippen LogP contribution in [-0.2, 0) is 5.54 Å². The number of rotatable bonds is 6. The second kappa shape index (κ2) is 9.77. The lowest BCUT2D eigenvalue weighted by atomic mass is 9.92. The number of urea groups is 1. The Morgan fingerprint density at radius 3 is 2.50 bits per heavy atom. The summed E-state index contributed by atoms with van der Waals surface area (Å²) >= 11 is 0. The van der Waals surface area contributed by atoms with Gasteiger partial charge in [-0.3, -0.25) is 0 Å². The fourth-order valence-electron chi connectivity index (χ4n) is 3.75. The smallest absolute Gasteiger partial charge is 0.318 e. The summed E-state index contributed by atoms with van der Waals surface area (Å²) in [6.07, 6.45) is 4.41. The molecular formula is C26H34N3O+. The topological polar surface area (TPSA) is 36.8 Å². The Labute approximate surface area is 180 Å². The average molecular weight is 405 g/mol. The Bertz CT molecular complexity index is 894. The highest BCUT2D eigenvalue weighted by atomic mass is 16.2. The predicted molar refractivity (Wildman–Crippen MR) is 125 cm³/mol. The minimum Gasteiger partial charge on any atom is -0.329 e. The van der Waals surface area contributed by atoms with Crippen LogP contribution in [0.15, 0.2) is 67.3 Å². The van der Waals surface area contributed by atoms with Crippen LogP contribution >= 0.6 is 0 Å². The molecule has 158 valence electrons. The standard InChI is InChI=1S/C26H33N3O/c1-21(2)23-13-8-14-24(20-23)26(3,4)27-25(30)29-18-16-28(17-19-29)15-9-12-22-10-6-5-7-11-22/h5-14,20H,1,15-19H2,2-4H3,(H,27,30)/p+1/b12-9+. The van der Waals surface area contributed by atoms with Gasteiger partial charge >= 0.3 is 6.03 Å². The molecule has 30 heavy (non-hydrogen) atoms. The highest BCUT2D eigenvalue weighted by molar-refractivity contribution is 5.75. The molecule has 4 nitrogen and oxygen atoms in total. The highest BCUT2D eigenvalue weighted by Gasteiger charge is 2.28. The van der Waals surface area contributed by atoms with Crippen LogP contribution in [0.3, 0.4) is 0 Å². The van der Waals surface area contributed by atoms with Crippen molar-refractivity contribution in [3.63, 3.8) is 0 Å². The summed E-state index contributed by atoms with van der Waals surface area (Å²) in [5, 5.41) is 3.22. The average Bonchev–Trinajstić information content (AvgIpc) is 2.75. The van der Waals surface area contributed by atoms with Gasteiger partial charge < -0.3 is 15.1 Å². The van der Waals surface area contributed by atoms with Gasteiger partial charge in [0.05, 0.1) is 38.3 Å². The number of benzene rings is 2. The summed E-state index contributed by atoms with van der Waals surface area (Å²) in [4.78, 5) is 16.3. The second-order valence-electron chi connectivity index (χ2n) is 8.67. The molecule has 0 bridgehead atoms. The number of quaternary nitrogens is 1. The summed E-state index contributed by atoms with van der Waals surface area (Å²) in [6, 6.07) is 18.6. The van der Waals surface area contributed by atoms with Crippen LogP contribution in [0, 0.1) is 0 Å². The quantitative estimate of drug-likeness (QED) is 0.759. The first-order chi connectivity index (χ1) is 14.3. The fraction of sp³-hybridized carbons (Fsp3) is 0.346. The van der Waals surface area contributed by atoms with Crippen molar-refractivity contribution in [3.05, 3.63) is 83.9 Å². The zero-order valence-electron chi connectivity index (χ0n) is 18.4. The van der Waals surface area contributed by atoms with E-state index in [9.17, 15) is 4.79 Å². The molecular weight excluding hydrogens is 370 g/mol. The van der Waals surface area contributed by atoms with Crippen LogP contribution in [0.5, 0.6) is 0 Å². The number of nitrogens with zero attached hydrogens (tertiary/aromatic N) is 1. The number of nitrogens with one attached hydrogen (secondary N) is 2. The van der Waals surface area contributed by atoms with E-state index in [-0.39, 0.29) is 6.03 Å². The molecule has 2 aromatic rings. The van der Waals surface area contributed by atoms with Gasteiger partial charge in [0.2, 0.25) is 0 Å². The lowest BCUT2D eigenvalue weighted by molar-refractivity contribution is -0.898. The first-order valence-corrected chi connectivity index (χ1v) is 10.7. The van der Waals surface area contributed by atoms with Crippen molar-refractivity contribution in [1.82, 2.24) is 10.2 Å². The van der Waals surface area contributed by atoms with E-state index in [1.807, 2.05) is 24.0 Å². The summed E-state index contributed by atoms with van der Waals surface area (Å²) in [7, 11) is 0. The van der Waals surface area contributed by atoms with Crippen molar-refractivity contribution in [2.45, 2.75) is 26.3 Å². The molecule has 1 saturated heterocycles. The molecule has 2 amide bonds. The van der Waals surface area contributed by atoms with Gasteiger partial charge in [-0.2, -0.15) is 0 Å². The van der Waals surface area contributed by atoms with Gasteiger partial charge in [0.1, 0.15) is 0 Å². The Morgan fingerprint density at radius 1 is 1.13 bits per heavy atom. The minimum atomic E-state index is -0.440. The summed E-state index contributed by atoms with van der Waals surface area (Å²) in [5.74, 6) is 0. The van der Waals surface area contributed by atoms with E-state index in [2.05, 4.69) is 80.4 Å². The predicted octanol–water partition coefficient (Wildman–Crippen LogP) is 3.58. The number of allylic oxidation sites excluding steroid dienone is 1. The van der Waals surface area contributed by atoms with Gasteiger partial charge in [0.25, 0.3) is 0 Å². The molecule has 1 fully saturated rings. The first-order valence-electron chi connectivity index (χ1n) is 10.7. The Kier molecular flexibility index (Phi) is 7.11. The molecule has 0 radical (unpaired) electrons. The third kappa shape index (κ3) is 5.83. The molecule has 2 N–H and O–H groups in total. The van der Waals surface area contributed by atoms with E-state index in [1.54, 1.807) is 0 Å². The summed E-state index contributed by atoms with van der Waals surface area (Å²) in [6.45, 7) is 14.6. The van der Waals surface area contributed by atoms with E-state index < -0.39 is 5.54 Å². The number of piperazine rings is 1. The van der Waals surface area contributed by atoms with Crippen LogP contribution in [0.1, 0.15) is 37.5 Å². The van der Waals surface area contributed by atoms with Gasteiger partial charge in [0, 0.05) is 0 Å². The molecule has 1 heterocycles. The molecule has 0 atom stereocenters. The van der Waals surface area contributed by atoms with E-state index in [0.717, 1.165) is 49.4 Å². The summed E-state index contributed by atoms with van der Waals surface area (Å²) in [5.41, 5.74) is 4.01. The van der Waals surface area contributed by atoms with Crippen LogP contribution in [0.4, 0.5) is 4.79 Å². The SMILES string of the molecule is C=C(C)c1cccc(C(C)(C)NC(=O)N2CC[NH+](C/C=C/c3ccccc3)CC2)c1. The molecule has 3 rings (SSSR count). The normalized spacial score (nSPS) is 15.4. The van der Waals surface area contributed by atoms with Gasteiger partial charge in [-0.15, -0.1) is 0 Å². The van der Waals surface area contributed by atoms with Crippen molar-refractivity contribution in [3.8, 4) is 0 Å². The number of amides is 2. The monoisotopic (exact) mass is 404 g/mol. The zero-order valence-corrected chi connectivity index (χ0v) is 18.4. The Morgan fingerprint density at radius 2 is 1.83 bits per heavy atom. The fourth-order valence-corrected chi connectivity index (χ4v) is 3.75. The second-order valence-corrected chi connectivity index (χ2v) is 8.67. The molecule has 0 aromatic heterocycles. The van der Waals surface area contributed by atoms with Crippen molar-refractivity contribution < 1.29 is 9.69 Å². The zero-order chi connectivity index (χ0) is 21.6. The summed E-state index contributed by atoms with van der Waals surface area (Å²) < 4.78 is 0. The van der Waals surface area contributed by atoms with Crippen molar-refractivity contribution in [2.75, 3.05) is 32.7 Å². The maximum atomic E-state index is 12.9. The van der Waals surface area contributed by atoms with Crippen molar-refractivity contribution >= 4 is 17.7 Å². The third-order valence-corrected chi connectivity index (χ3v) is 5.77. The lowest BCUT2D eigenvalue weighted by Gasteiger charge is -2.35. The molecule has 1 aliphatic heterocycles. The number of carbonyl (C=O) groups excluding carboxylic acids is 1. The maximum absolute atomic E-state index is 12.9. The molecule has 1 aliphatic rings. The highest BCUT2D eigenvalue weighted by Crippen LogP contribution is 2.23. The number of hydrogen-bond acceptors (Lipinski definition) is 1. The molecule has 4 heteroatoms. The molecule has 2 aromatic carbocycles. The number of carbonyl (C=O) groups is 1.